The van der Waals surface area contributed by atoms with Crippen LogP contribution < -0.4 is 20.7 Å². The quantitative estimate of drug-likeness (QED) is 0.184. The molecule has 4 aliphatic rings. The minimum absolute atomic E-state index is 0.180. The highest BCUT2D eigenvalue weighted by molar-refractivity contribution is 7.91. The van der Waals surface area contributed by atoms with E-state index in [2.05, 4.69) is 33.8 Å². The second kappa shape index (κ2) is 12.0. The molecule has 0 bridgehead atoms. The molecule has 0 aromatic carbocycles. The molecule has 1 saturated heterocycles. The van der Waals surface area contributed by atoms with Crippen LogP contribution in [0.15, 0.2) is 25.3 Å². The zero-order valence-electron chi connectivity index (χ0n) is 22.4. The van der Waals surface area contributed by atoms with Crippen LogP contribution in [0.4, 0.5) is 4.79 Å². The lowest BCUT2D eigenvalue weighted by Crippen LogP contribution is -2.59. The molecular weight excluding hydrogens is 542 g/mol. The lowest BCUT2D eigenvalue weighted by molar-refractivity contribution is -0.141. The van der Waals surface area contributed by atoms with Gasteiger partial charge >= 0.3 is 6.09 Å². The van der Waals surface area contributed by atoms with Gasteiger partial charge in [-0.05, 0) is 63.9 Å². The maximum Gasteiger partial charge on any atom is 0.408 e. The van der Waals surface area contributed by atoms with E-state index in [4.69, 9.17) is 4.74 Å². The number of nitrogens with zero attached hydrogens (tertiary/aromatic N) is 1. The molecule has 0 unspecified atom stereocenters. The van der Waals surface area contributed by atoms with E-state index >= 15 is 0 Å². The number of nitrogens with one attached hydrogen (secondary N) is 4. The summed E-state index contributed by atoms with van der Waals surface area (Å²) < 4.78 is 32.2. The lowest BCUT2D eigenvalue weighted by Gasteiger charge is -2.30. The fourth-order valence-corrected chi connectivity index (χ4v) is 6.70. The van der Waals surface area contributed by atoms with Crippen molar-refractivity contribution in [2.24, 2.45) is 5.92 Å². The van der Waals surface area contributed by atoms with Crippen molar-refractivity contribution in [1.82, 2.24) is 25.6 Å². The van der Waals surface area contributed by atoms with Gasteiger partial charge in [-0.1, -0.05) is 12.7 Å². The lowest BCUT2D eigenvalue weighted by atomic mass is 10.1. The third-order valence-electron chi connectivity index (χ3n) is 7.92. The van der Waals surface area contributed by atoms with Crippen LogP contribution in [0.5, 0.6) is 0 Å². The van der Waals surface area contributed by atoms with Crippen molar-refractivity contribution in [2.75, 3.05) is 13.1 Å². The molecule has 13 nitrogen and oxygen atoms in total. The number of carbonyl (C=O) groups excluding carboxylic acids is 5. The van der Waals surface area contributed by atoms with Gasteiger partial charge in [-0.3, -0.25) is 23.9 Å². The molecular formula is C26H37N5O8S. The minimum atomic E-state index is -3.83. The first-order valence-corrected chi connectivity index (χ1v) is 15.2. The van der Waals surface area contributed by atoms with Crippen LogP contribution in [0.3, 0.4) is 0 Å². The number of amides is 5. The number of ether oxygens (including phenoxy) is 1. The zero-order valence-corrected chi connectivity index (χ0v) is 23.2. The largest absolute Gasteiger partial charge is 0.446 e. The highest BCUT2D eigenvalue weighted by Crippen LogP contribution is 2.45. The summed E-state index contributed by atoms with van der Waals surface area (Å²) in [4.78, 5) is 65.6. The monoisotopic (exact) mass is 579 g/mol. The molecule has 4 atom stereocenters. The normalized spacial score (nSPS) is 26.8. The highest BCUT2D eigenvalue weighted by Gasteiger charge is 2.61. The predicted molar refractivity (Wildman–Crippen MR) is 143 cm³/mol. The van der Waals surface area contributed by atoms with Crippen molar-refractivity contribution in [2.45, 2.75) is 86.8 Å². The van der Waals surface area contributed by atoms with Gasteiger partial charge in [-0.25, -0.2) is 13.2 Å². The summed E-state index contributed by atoms with van der Waals surface area (Å²) in [6.07, 6.45) is 6.75. The molecule has 220 valence electrons. The molecule has 4 fully saturated rings. The Morgan fingerprint density at radius 3 is 2.33 bits per heavy atom. The fraction of sp³-hybridized carbons (Fsp3) is 0.654. The Labute approximate surface area is 233 Å². The summed E-state index contributed by atoms with van der Waals surface area (Å²) >= 11 is 0. The van der Waals surface area contributed by atoms with Gasteiger partial charge in [-0.2, -0.15) is 0 Å². The van der Waals surface area contributed by atoms with Crippen molar-refractivity contribution >= 4 is 39.7 Å². The van der Waals surface area contributed by atoms with E-state index in [1.807, 2.05) is 0 Å². The maximum atomic E-state index is 13.6. The standard InChI is InChI=1S/C26H37N5O8S/c1-3-16-14-26(16,24(35)30-40(37,38)18-11-12-18)29-22(33)20-10-7-13-31(20)23(34)19(15-27-21(32)4-2)28-25(36)39-17-8-5-6-9-17/h3-4,16-20H,1-2,5-15H2,(H,27,32)(H,28,36)(H,29,33)(H,30,35)/t16-,19+,20+,26-/m1/s1. The van der Waals surface area contributed by atoms with E-state index in [1.54, 1.807) is 0 Å². The molecule has 1 aliphatic heterocycles. The molecule has 5 amide bonds. The summed E-state index contributed by atoms with van der Waals surface area (Å²) in [6.45, 7) is 7.02. The number of hydrogen-bond donors (Lipinski definition) is 4. The Balaban J connectivity index is 1.44. The molecule has 3 saturated carbocycles. The summed E-state index contributed by atoms with van der Waals surface area (Å²) in [5.41, 5.74) is -1.47. The number of sulfonamides is 1. The smallest absolute Gasteiger partial charge is 0.408 e. The number of carbonyl (C=O) groups is 5. The van der Waals surface area contributed by atoms with Crippen LogP contribution in [0, 0.1) is 5.92 Å². The molecule has 0 radical (unpaired) electrons. The number of likely N-dealkylation sites (tertiary alicyclic amines) is 1. The van der Waals surface area contributed by atoms with E-state index < -0.39 is 68.5 Å². The first-order valence-electron chi connectivity index (χ1n) is 13.7. The molecule has 0 aromatic heterocycles. The van der Waals surface area contributed by atoms with Crippen molar-refractivity contribution in [3.05, 3.63) is 25.3 Å². The van der Waals surface area contributed by atoms with Gasteiger partial charge in [0, 0.05) is 19.0 Å². The average Bonchev–Trinajstić information content (AvgIpc) is 3.78. The summed E-state index contributed by atoms with van der Waals surface area (Å²) in [7, 11) is -3.83. The van der Waals surface area contributed by atoms with Gasteiger partial charge in [0.1, 0.15) is 23.7 Å². The molecule has 0 aromatic rings. The van der Waals surface area contributed by atoms with Crippen LogP contribution in [0.1, 0.15) is 57.8 Å². The van der Waals surface area contributed by atoms with Gasteiger partial charge in [-0.15, -0.1) is 6.58 Å². The number of hydrogen-bond acceptors (Lipinski definition) is 8. The number of rotatable bonds is 12. The number of alkyl carbamates (subject to hydrolysis) is 1. The van der Waals surface area contributed by atoms with Crippen LogP contribution in [-0.4, -0.2) is 85.1 Å². The Hall–Kier alpha value is -3.42. The third kappa shape index (κ3) is 6.65. The predicted octanol–water partition coefficient (Wildman–Crippen LogP) is -0.0137. The van der Waals surface area contributed by atoms with Crippen molar-refractivity contribution in [3.8, 4) is 0 Å². The maximum absolute atomic E-state index is 13.6. The van der Waals surface area contributed by atoms with Gasteiger partial charge in [0.15, 0.2) is 0 Å². The Bertz CT molecular complexity index is 1180. The van der Waals surface area contributed by atoms with E-state index in [1.165, 1.54) is 11.0 Å². The SMILES string of the molecule is C=CC(=O)NC[C@H](NC(=O)OC1CCCC1)C(=O)N1CCC[C@H]1C(=O)N[C@]1(C(=O)NS(=O)(=O)C2CC2)C[C@H]1C=C. The summed E-state index contributed by atoms with van der Waals surface area (Å²) in [5.74, 6) is -3.05. The van der Waals surface area contributed by atoms with Crippen molar-refractivity contribution in [3.63, 3.8) is 0 Å². The first-order chi connectivity index (χ1) is 19.0. The fourth-order valence-electron chi connectivity index (χ4n) is 5.33. The van der Waals surface area contributed by atoms with E-state index in [0.717, 1.165) is 31.8 Å². The second-order valence-electron chi connectivity index (χ2n) is 10.8. The molecule has 4 N–H and O–H groups in total. The van der Waals surface area contributed by atoms with E-state index in [0.29, 0.717) is 25.7 Å². The minimum Gasteiger partial charge on any atom is -0.446 e. The van der Waals surface area contributed by atoms with Crippen LogP contribution in [0.2, 0.25) is 0 Å². The Morgan fingerprint density at radius 1 is 1.02 bits per heavy atom. The summed E-state index contributed by atoms with van der Waals surface area (Å²) in [6, 6.07) is -2.18. The molecule has 40 heavy (non-hydrogen) atoms. The van der Waals surface area contributed by atoms with Crippen LogP contribution >= 0.6 is 0 Å². The van der Waals surface area contributed by atoms with Crippen LogP contribution in [0.25, 0.3) is 0 Å². The molecule has 3 aliphatic carbocycles. The molecule has 1 heterocycles. The molecule has 14 heteroatoms. The second-order valence-corrected chi connectivity index (χ2v) is 12.8. The average molecular weight is 580 g/mol. The van der Waals surface area contributed by atoms with Gasteiger partial charge in [0.2, 0.25) is 27.7 Å². The van der Waals surface area contributed by atoms with Crippen molar-refractivity contribution in [1.29, 1.82) is 0 Å². The van der Waals surface area contributed by atoms with E-state index in [9.17, 15) is 32.4 Å². The van der Waals surface area contributed by atoms with Gasteiger partial charge in [0.25, 0.3) is 5.91 Å². The van der Waals surface area contributed by atoms with Gasteiger partial charge in [0.05, 0.1) is 5.25 Å². The Kier molecular flexibility index (Phi) is 8.86. The molecule has 0 spiro atoms. The Morgan fingerprint density at radius 2 is 1.73 bits per heavy atom. The summed E-state index contributed by atoms with van der Waals surface area (Å²) in [5, 5.41) is 7.09. The van der Waals surface area contributed by atoms with Crippen molar-refractivity contribution < 1.29 is 37.1 Å². The first kappa shape index (κ1) is 29.6. The third-order valence-corrected chi connectivity index (χ3v) is 9.74. The van der Waals surface area contributed by atoms with Crippen LogP contribution in [-0.2, 0) is 33.9 Å². The zero-order chi connectivity index (χ0) is 29.1. The highest BCUT2D eigenvalue weighted by atomic mass is 32.2. The topological polar surface area (TPSA) is 180 Å². The molecule has 4 rings (SSSR count). The van der Waals surface area contributed by atoms with Gasteiger partial charge < -0.3 is 25.6 Å². The van der Waals surface area contributed by atoms with E-state index in [-0.39, 0.29) is 25.6 Å².